The quantitative estimate of drug-likeness (QED) is 0.663. The molecule has 0 unspecified atom stereocenters. The lowest BCUT2D eigenvalue weighted by Gasteiger charge is -2.10. The van der Waals surface area contributed by atoms with Crippen molar-refractivity contribution in [3.63, 3.8) is 0 Å². The van der Waals surface area contributed by atoms with Gasteiger partial charge in [0.1, 0.15) is 5.75 Å². The van der Waals surface area contributed by atoms with Crippen LogP contribution in [0.25, 0.3) is 21.7 Å². The van der Waals surface area contributed by atoms with Gasteiger partial charge in [0.05, 0.1) is 18.2 Å². The first kappa shape index (κ1) is 10.8. The maximum atomic E-state index is 11.8. The predicted molar refractivity (Wildman–Crippen MR) is 73.4 cm³/mol. The minimum atomic E-state index is -0.102. The molecule has 0 bridgehead atoms. The summed E-state index contributed by atoms with van der Waals surface area (Å²) in [4.78, 5) is 14.7. The molecule has 3 heteroatoms. The van der Waals surface area contributed by atoms with E-state index in [1.54, 1.807) is 14.0 Å². The van der Waals surface area contributed by atoms with Crippen LogP contribution < -0.4 is 10.3 Å². The van der Waals surface area contributed by atoms with E-state index in [0.717, 1.165) is 21.7 Å². The fraction of sp³-hybridized carbons (Fsp3) is 0.133. The third-order valence-electron chi connectivity index (χ3n) is 3.29. The summed E-state index contributed by atoms with van der Waals surface area (Å²) in [6.45, 7) is 1.78. The summed E-state index contributed by atoms with van der Waals surface area (Å²) in [7, 11) is 1.60. The van der Waals surface area contributed by atoms with Gasteiger partial charge in [0.2, 0.25) is 0 Å². The highest BCUT2D eigenvalue weighted by Gasteiger charge is 2.11. The van der Waals surface area contributed by atoms with Gasteiger partial charge in [0, 0.05) is 5.39 Å². The van der Waals surface area contributed by atoms with Crippen LogP contribution in [0.15, 0.2) is 41.2 Å². The van der Waals surface area contributed by atoms with E-state index in [2.05, 4.69) is 11.1 Å². The molecular weight excluding hydrogens is 226 g/mol. The number of methoxy groups -OCH3 is 1. The Bertz CT molecular complexity index is 803. The highest BCUT2D eigenvalue weighted by molar-refractivity contribution is 6.09. The van der Waals surface area contributed by atoms with Crippen LogP contribution in [0.5, 0.6) is 5.75 Å². The first-order valence-corrected chi connectivity index (χ1v) is 5.80. The number of ether oxygens (including phenoxy) is 1. The largest absolute Gasteiger partial charge is 0.496 e. The van der Waals surface area contributed by atoms with Crippen LogP contribution in [0.2, 0.25) is 0 Å². The number of benzene rings is 2. The summed E-state index contributed by atoms with van der Waals surface area (Å²) in [6, 6.07) is 12.0. The van der Waals surface area contributed by atoms with Crippen LogP contribution in [-0.4, -0.2) is 12.1 Å². The van der Waals surface area contributed by atoms with E-state index in [1.807, 2.05) is 30.3 Å². The number of pyridine rings is 1. The Morgan fingerprint density at radius 2 is 1.89 bits per heavy atom. The van der Waals surface area contributed by atoms with Gasteiger partial charge < -0.3 is 9.72 Å². The molecule has 0 saturated carbocycles. The van der Waals surface area contributed by atoms with Crippen LogP contribution in [0.1, 0.15) is 5.56 Å². The molecule has 0 amide bonds. The first-order valence-electron chi connectivity index (χ1n) is 5.80. The average Bonchev–Trinajstić information content (AvgIpc) is 2.40. The van der Waals surface area contributed by atoms with Crippen molar-refractivity contribution in [1.82, 2.24) is 4.98 Å². The topological polar surface area (TPSA) is 42.1 Å². The SMILES string of the molecule is COc1c(C)c(=O)[nH]c2ccc3ccccc3c12. The molecule has 1 N–H and O–H groups in total. The van der Waals surface area contributed by atoms with Gasteiger partial charge in [-0.2, -0.15) is 0 Å². The number of hydrogen-bond donors (Lipinski definition) is 1. The summed E-state index contributed by atoms with van der Waals surface area (Å²) >= 11 is 0. The predicted octanol–water partition coefficient (Wildman–Crippen LogP) is 3.00. The van der Waals surface area contributed by atoms with Crippen molar-refractivity contribution < 1.29 is 4.74 Å². The summed E-state index contributed by atoms with van der Waals surface area (Å²) in [5.74, 6) is 0.658. The zero-order valence-corrected chi connectivity index (χ0v) is 10.3. The van der Waals surface area contributed by atoms with E-state index < -0.39 is 0 Å². The molecule has 3 aromatic rings. The Balaban J connectivity index is 2.64. The minimum absolute atomic E-state index is 0.102. The molecule has 0 fully saturated rings. The molecule has 1 aromatic heterocycles. The van der Waals surface area contributed by atoms with E-state index in [-0.39, 0.29) is 5.56 Å². The molecule has 0 saturated heterocycles. The second-order valence-corrected chi connectivity index (χ2v) is 4.32. The van der Waals surface area contributed by atoms with Crippen LogP contribution in [0, 0.1) is 6.92 Å². The number of hydrogen-bond acceptors (Lipinski definition) is 2. The molecule has 0 aliphatic rings. The van der Waals surface area contributed by atoms with E-state index in [9.17, 15) is 4.79 Å². The average molecular weight is 239 g/mol. The molecule has 18 heavy (non-hydrogen) atoms. The summed E-state index contributed by atoms with van der Waals surface area (Å²) in [5, 5.41) is 3.19. The molecular formula is C15H13NO2. The van der Waals surface area contributed by atoms with E-state index in [1.165, 1.54) is 0 Å². The molecule has 0 spiro atoms. The fourth-order valence-corrected chi connectivity index (χ4v) is 2.38. The molecule has 2 aromatic carbocycles. The summed E-state index contributed by atoms with van der Waals surface area (Å²) in [5.41, 5.74) is 1.32. The standard InChI is InChI=1S/C15H13NO2/c1-9-14(18-2)13-11-6-4-3-5-10(11)7-8-12(13)16-15(9)17/h3-8H,1-2H3,(H,16,17). The third-order valence-corrected chi connectivity index (χ3v) is 3.29. The minimum Gasteiger partial charge on any atom is -0.496 e. The lowest BCUT2D eigenvalue weighted by atomic mass is 10.0. The Kier molecular flexibility index (Phi) is 2.33. The molecule has 0 atom stereocenters. The lowest BCUT2D eigenvalue weighted by molar-refractivity contribution is 0.416. The van der Waals surface area contributed by atoms with Crippen LogP contribution >= 0.6 is 0 Å². The molecule has 3 rings (SSSR count). The maximum absolute atomic E-state index is 11.8. The van der Waals surface area contributed by atoms with Crippen molar-refractivity contribution in [1.29, 1.82) is 0 Å². The zero-order valence-electron chi connectivity index (χ0n) is 10.3. The van der Waals surface area contributed by atoms with Gasteiger partial charge in [0.25, 0.3) is 5.56 Å². The monoisotopic (exact) mass is 239 g/mol. The van der Waals surface area contributed by atoms with Crippen molar-refractivity contribution in [3.05, 3.63) is 52.3 Å². The number of fused-ring (bicyclic) bond motifs is 3. The Morgan fingerprint density at radius 1 is 1.11 bits per heavy atom. The van der Waals surface area contributed by atoms with Gasteiger partial charge in [-0.05, 0) is 23.8 Å². The second-order valence-electron chi connectivity index (χ2n) is 4.32. The van der Waals surface area contributed by atoms with Crippen molar-refractivity contribution >= 4 is 21.7 Å². The van der Waals surface area contributed by atoms with Gasteiger partial charge in [-0.3, -0.25) is 4.79 Å². The number of aromatic nitrogens is 1. The fourth-order valence-electron chi connectivity index (χ4n) is 2.38. The second kappa shape index (κ2) is 3.88. The van der Waals surface area contributed by atoms with Gasteiger partial charge >= 0.3 is 0 Å². The smallest absolute Gasteiger partial charge is 0.255 e. The zero-order chi connectivity index (χ0) is 12.7. The third kappa shape index (κ3) is 1.40. The molecule has 0 aliphatic carbocycles. The van der Waals surface area contributed by atoms with Gasteiger partial charge in [0.15, 0.2) is 0 Å². The Morgan fingerprint density at radius 3 is 2.67 bits per heavy atom. The van der Waals surface area contributed by atoms with Crippen LogP contribution in [0.3, 0.4) is 0 Å². The van der Waals surface area contributed by atoms with Crippen molar-refractivity contribution in [2.24, 2.45) is 0 Å². The van der Waals surface area contributed by atoms with Crippen molar-refractivity contribution in [3.8, 4) is 5.75 Å². The van der Waals surface area contributed by atoms with Crippen molar-refractivity contribution in [2.75, 3.05) is 7.11 Å². The summed E-state index contributed by atoms with van der Waals surface area (Å²) < 4.78 is 5.43. The van der Waals surface area contributed by atoms with Crippen LogP contribution in [-0.2, 0) is 0 Å². The molecule has 0 aliphatic heterocycles. The van der Waals surface area contributed by atoms with Gasteiger partial charge in [-0.25, -0.2) is 0 Å². The van der Waals surface area contributed by atoms with E-state index in [4.69, 9.17) is 4.74 Å². The van der Waals surface area contributed by atoms with E-state index >= 15 is 0 Å². The van der Waals surface area contributed by atoms with E-state index in [0.29, 0.717) is 11.3 Å². The van der Waals surface area contributed by atoms with Crippen LogP contribution in [0.4, 0.5) is 0 Å². The highest BCUT2D eigenvalue weighted by atomic mass is 16.5. The molecule has 1 heterocycles. The Hall–Kier alpha value is -2.29. The lowest BCUT2D eigenvalue weighted by Crippen LogP contribution is -2.11. The van der Waals surface area contributed by atoms with Crippen molar-refractivity contribution in [2.45, 2.75) is 6.92 Å². The highest BCUT2D eigenvalue weighted by Crippen LogP contribution is 2.32. The number of H-pyrrole nitrogens is 1. The first-order chi connectivity index (χ1) is 8.72. The summed E-state index contributed by atoms with van der Waals surface area (Å²) in [6.07, 6.45) is 0. The molecule has 3 nitrogen and oxygen atoms in total. The number of aromatic amines is 1. The molecule has 90 valence electrons. The van der Waals surface area contributed by atoms with Gasteiger partial charge in [-0.1, -0.05) is 30.3 Å². The van der Waals surface area contributed by atoms with Gasteiger partial charge in [-0.15, -0.1) is 0 Å². The Labute approximate surface area is 104 Å². The maximum Gasteiger partial charge on any atom is 0.255 e. The molecule has 0 radical (unpaired) electrons. The number of rotatable bonds is 1. The number of nitrogens with one attached hydrogen (secondary N) is 1. The normalized spacial score (nSPS) is 11.0.